The lowest BCUT2D eigenvalue weighted by molar-refractivity contribution is 0.170. The Bertz CT molecular complexity index is 155. The van der Waals surface area contributed by atoms with Crippen molar-refractivity contribution in [3.63, 3.8) is 0 Å². The highest BCUT2D eigenvalue weighted by Gasteiger charge is 2.13. The minimum atomic E-state index is -0.339. The highest BCUT2D eigenvalue weighted by molar-refractivity contribution is 5.66. The van der Waals surface area contributed by atoms with Crippen LogP contribution < -0.4 is 5.32 Å². The summed E-state index contributed by atoms with van der Waals surface area (Å²) in [5.41, 5.74) is 0.387. The Labute approximate surface area is 80.8 Å². The molecule has 0 rings (SSSR count). The Morgan fingerprint density at radius 1 is 1.46 bits per heavy atom. The van der Waals surface area contributed by atoms with Gasteiger partial charge in [0.1, 0.15) is 0 Å². The fourth-order valence-corrected chi connectivity index (χ4v) is 1.01. The van der Waals surface area contributed by atoms with Crippen LogP contribution in [-0.2, 0) is 4.74 Å². The van der Waals surface area contributed by atoms with Crippen LogP contribution in [0.1, 0.15) is 40.0 Å². The van der Waals surface area contributed by atoms with Crippen molar-refractivity contribution in [2.24, 2.45) is 5.41 Å². The lowest BCUT2D eigenvalue weighted by atomic mass is 9.85. The van der Waals surface area contributed by atoms with Crippen LogP contribution in [0.4, 0.5) is 4.79 Å². The highest BCUT2D eigenvalue weighted by Crippen LogP contribution is 2.25. The Morgan fingerprint density at radius 3 is 2.54 bits per heavy atom. The number of methoxy groups -OCH3 is 1. The third-order valence-corrected chi connectivity index (χ3v) is 2.44. The summed E-state index contributed by atoms with van der Waals surface area (Å²) >= 11 is 0. The fourth-order valence-electron chi connectivity index (χ4n) is 1.01. The zero-order valence-corrected chi connectivity index (χ0v) is 9.14. The first-order valence-corrected chi connectivity index (χ1v) is 4.83. The number of hydrogen-bond acceptors (Lipinski definition) is 2. The first-order valence-electron chi connectivity index (χ1n) is 4.83. The molecule has 3 nitrogen and oxygen atoms in total. The maximum absolute atomic E-state index is 10.7. The molecule has 0 aliphatic heterocycles. The van der Waals surface area contributed by atoms with E-state index in [0.29, 0.717) is 12.0 Å². The van der Waals surface area contributed by atoms with Gasteiger partial charge >= 0.3 is 6.09 Å². The van der Waals surface area contributed by atoms with Gasteiger partial charge in [-0.1, -0.05) is 27.2 Å². The van der Waals surface area contributed by atoms with Gasteiger partial charge in [0.05, 0.1) is 7.11 Å². The van der Waals surface area contributed by atoms with Gasteiger partial charge in [0.2, 0.25) is 0 Å². The van der Waals surface area contributed by atoms with E-state index in [4.69, 9.17) is 0 Å². The number of amides is 1. The number of nitrogens with one attached hydrogen (secondary N) is 1. The van der Waals surface area contributed by atoms with Crippen molar-refractivity contribution in [2.45, 2.75) is 40.0 Å². The SMILES string of the molecule is CCC(C)(C)CCCNC(=O)OC. The molecule has 0 saturated heterocycles. The molecular formula is C10H21NO2. The molecule has 3 heteroatoms. The Kier molecular flexibility index (Phi) is 5.51. The van der Waals surface area contributed by atoms with Gasteiger partial charge in [-0.05, 0) is 18.3 Å². The molecule has 0 fully saturated rings. The standard InChI is InChI=1S/C10H21NO2/c1-5-10(2,3)7-6-8-11-9(12)13-4/h5-8H2,1-4H3,(H,11,12). The third kappa shape index (κ3) is 6.43. The molecule has 78 valence electrons. The van der Waals surface area contributed by atoms with Crippen LogP contribution in [0.3, 0.4) is 0 Å². The molecule has 0 unspecified atom stereocenters. The molecule has 0 heterocycles. The van der Waals surface area contributed by atoms with Gasteiger partial charge in [-0.15, -0.1) is 0 Å². The number of alkyl carbamates (subject to hydrolysis) is 1. The molecule has 13 heavy (non-hydrogen) atoms. The predicted octanol–water partition coefficient (Wildman–Crippen LogP) is 2.56. The molecule has 0 aromatic carbocycles. The topological polar surface area (TPSA) is 38.3 Å². The average Bonchev–Trinajstić information content (AvgIpc) is 2.12. The van der Waals surface area contributed by atoms with E-state index < -0.39 is 0 Å². The molecule has 1 amide bonds. The highest BCUT2D eigenvalue weighted by atomic mass is 16.5. The minimum Gasteiger partial charge on any atom is -0.453 e. The Hall–Kier alpha value is -0.730. The summed E-state index contributed by atoms with van der Waals surface area (Å²) in [6, 6.07) is 0. The van der Waals surface area contributed by atoms with E-state index in [1.54, 1.807) is 0 Å². The van der Waals surface area contributed by atoms with Crippen molar-refractivity contribution in [3.05, 3.63) is 0 Å². The van der Waals surface area contributed by atoms with E-state index >= 15 is 0 Å². The molecule has 0 radical (unpaired) electrons. The van der Waals surface area contributed by atoms with Crippen molar-refractivity contribution in [1.82, 2.24) is 5.32 Å². The smallest absolute Gasteiger partial charge is 0.406 e. The van der Waals surface area contributed by atoms with Crippen LogP contribution in [0, 0.1) is 5.41 Å². The summed E-state index contributed by atoms with van der Waals surface area (Å²) in [5.74, 6) is 0. The lowest BCUT2D eigenvalue weighted by Crippen LogP contribution is -2.25. The Morgan fingerprint density at radius 2 is 2.08 bits per heavy atom. The molecule has 0 aromatic rings. The van der Waals surface area contributed by atoms with Crippen LogP contribution in [0.25, 0.3) is 0 Å². The molecule has 0 aliphatic rings. The maximum atomic E-state index is 10.7. The summed E-state index contributed by atoms with van der Waals surface area (Å²) in [7, 11) is 1.38. The first-order chi connectivity index (χ1) is 6.02. The first kappa shape index (κ1) is 12.3. The molecule has 0 aliphatic carbocycles. The minimum absolute atomic E-state index is 0.339. The number of hydrogen-bond donors (Lipinski definition) is 1. The number of carbonyl (C=O) groups is 1. The summed E-state index contributed by atoms with van der Waals surface area (Å²) in [4.78, 5) is 10.7. The second kappa shape index (κ2) is 5.84. The van der Waals surface area contributed by atoms with Crippen LogP contribution in [0.2, 0.25) is 0 Å². The molecule has 0 atom stereocenters. The monoisotopic (exact) mass is 187 g/mol. The van der Waals surface area contributed by atoms with E-state index in [2.05, 4.69) is 30.8 Å². The maximum Gasteiger partial charge on any atom is 0.406 e. The Balaban J connectivity index is 3.41. The van der Waals surface area contributed by atoms with Gasteiger partial charge in [-0.3, -0.25) is 0 Å². The van der Waals surface area contributed by atoms with Crippen molar-refractivity contribution >= 4 is 6.09 Å². The van der Waals surface area contributed by atoms with Gasteiger partial charge in [0.15, 0.2) is 0 Å². The quantitative estimate of drug-likeness (QED) is 0.672. The van der Waals surface area contributed by atoms with Crippen LogP contribution >= 0.6 is 0 Å². The van der Waals surface area contributed by atoms with E-state index in [1.807, 2.05) is 0 Å². The summed E-state index contributed by atoms with van der Waals surface area (Å²) in [6.07, 6.45) is 2.98. The average molecular weight is 187 g/mol. The molecular weight excluding hydrogens is 166 g/mol. The number of rotatable bonds is 5. The third-order valence-electron chi connectivity index (χ3n) is 2.44. The van der Waals surface area contributed by atoms with Crippen molar-refractivity contribution in [3.8, 4) is 0 Å². The second-order valence-electron chi connectivity index (χ2n) is 4.04. The molecule has 0 spiro atoms. The van der Waals surface area contributed by atoms with Crippen LogP contribution in [0.15, 0.2) is 0 Å². The van der Waals surface area contributed by atoms with Gasteiger partial charge in [-0.2, -0.15) is 0 Å². The van der Waals surface area contributed by atoms with E-state index in [-0.39, 0.29) is 6.09 Å². The second-order valence-corrected chi connectivity index (χ2v) is 4.04. The summed E-state index contributed by atoms with van der Waals surface area (Å²) in [5, 5.41) is 2.67. The van der Waals surface area contributed by atoms with E-state index in [0.717, 1.165) is 12.8 Å². The predicted molar refractivity (Wildman–Crippen MR) is 53.7 cm³/mol. The molecule has 0 bridgehead atoms. The van der Waals surface area contributed by atoms with Crippen LogP contribution in [-0.4, -0.2) is 19.7 Å². The summed E-state index contributed by atoms with van der Waals surface area (Å²) < 4.78 is 4.46. The van der Waals surface area contributed by atoms with E-state index in [9.17, 15) is 4.79 Å². The van der Waals surface area contributed by atoms with Gasteiger partial charge in [-0.25, -0.2) is 4.79 Å². The van der Waals surface area contributed by atoms with Gasteiger partial charge in [0, 0.05) is 6.54 Å². The van der Waals surface area contributed by atoms with Crippen LogP contribution in [0.5, 0.6) is 0 Å². The molecule has 1 N–H and O–H groups in total. The van der Waals surface area contributed by atoms with Gasteiger partial charge < -0.3 is 10.1 Å². The van der Waals surface area contributed by atoms with Gasteiger partial charge in [0.25, 0.3) is 0 Å². The molecule has 0 aromatic heterocycles. The number of carbonyl (C=O) groups excluding carboxylic acids is 1. The van der Waals surface area contributed by atoms with Crippen molar-refractivity contribution < 1.29 is 9.53 Å². The number of ether oxygens (including phenoxy) is 1. The van der Waals surface area contributed by atoms with Crippen molar-refractivity contribution in [2.75, 3.05) is 13.7 Å². The zero-order valence-electron chi connectivity index (χ0n) is 9.14. The summed E-state index contributed by atoms with van der Waals surface area (Å²) in [6.45, 7) is 7.38. The fraction of sp³-hybridized carbons (Fsp3) is 0.900. The van der Waals surface area contributed by atoms with E-state index in [1.165, 1.54) is 13.5 Å². The largest absolute Gasteiger partial charge is 0.453 e. The normalized spacial score (nSPS) is 11.1. The van der Waals surface area contributed by atoms with Crippen molar-refractivity contribution in [1.29, 1.82) is 0 Å². The zero-order chi connectivity index (χ0) is 10.3. The molecule has 0 saturated carbocycles. The lowest BCUT2D eigenvalue weighted by Gasteiger charge is -2.22.